The molecular formula is C17H25FN2O3. The summed E-state index contributed by atoms with van der Waals surface area (Å²) in [6.07, 6.45) is 0.708. The maximum absolute atomic E-state index is 13.0. The zero-order valence-electron chi connectivity index (χ0n) is 14.0. The van der Waals surface area contributed by atoms with Crippen molar-refractivity contribution in [1.82, 2.24) is 10.2 Å². The van der Waals surface area contributed by atoms with Gasteiger partial charge >= 0.3 is 5.97 Å². The van der Waals surface area contributed by atoms with Crippen molar-refractivity contribution < 1.29 is 19.1 Å². The Labute approximate surface area is 136 Å². The second-order valence-electron chi connectivity index (χ2n) is 5.81. The minimum Gasteiger partial charge on any atom is -0.480 e. The molecule has 0 saturated heterocycles. The highest BCUT2D eigenvalue weighted by Crippen LogP contribution is 2.19. The van der Waals surface area contributed by atoms with Gasteiger partial charge in [0.1, 0.15) is 11.9 Å². The SMILES string of the molecule is CC[C@H](C)[C@H](NCC(=O)N(C)C(C)c1ccc(F)cc1)C(=O)O. The minimum atomic E-state index is -0.957. The predicted octanol–water partition coefficient (Wildman–Crippen LogP) is 2.43. The van der Waals surface area contributed by atoms with Crippen LogP contribution < -0.4 is 5.32 Å². The van der Waals surface area contributed by atoms with Gasteiger partial charge in [0.25, 0.3) is 0 Å². The fourth-order valence-electron chi connectivity index (χ4n) is 2.27. The van der Waals surface area contributed by atoms with Crippen LogP contribution in [0.1, 0.15) is 38.8 Å². The van der Waals surface area contributed by atoms with Gasteiger partial charge in [-0.05, 0) is 30.5 Å². The molecule has 0 heterocycles. The number of aliphatic carboxylic acids is 1. The van der Waals surface area contributed by atoms with E-state index in [-0.39, 0.29) is 30.2 Å². The molecule has 0 aromatic heterocycles. The fraction of sp³-hybridized carbons (Fsp3) is 0.529. The van der Waals surface area contributed by atoms with E-state index in [1.165, 1.54) is 17.0 Å². The van der Waals surface area contributed by atoms with Crippen molar-refractivity contribution >= 4 is 11.9 Å². The third kappa shape index (κ3) is 5.32. The molecule has 2 N–H and O–H groups in total. The van der Waals surface area contributed by atoms with E-state index in [2.05, 4.69) is 5.32 Å². The van der Waals surface area contributed by atoms with Gasteiger partial charge < -0.3 is 10.0 Å². The van der Waals surface area contributed by atoms with E-state index in [0.717, 1.165) is 5.56 Å². The number of carboxylic acids is 1. The van der Waals surface area contributed by atoms with Gasteiger partial charge in [-0.1, -0.05) is 32.4 Å². The number of hydrogen-bond acceptors (Lipinski definition) is 3. The lowest BCUT2D eigenvalue weighted by molar-refractivity contribution is -0.141. The molecule has 0 fully saturated rings. The summed E-state index contributed by atoms with van der Waals surface area (Å²) in [6.45, 7) is 5.53. The summed E-state index contributed by atoms with van der Waals surface area (Å²) >= 11 is 0. The molecule has 1 unspecified atom stereocenters. The van der Waals surface area contributed by atoms with E-state index in [1.807, 2.05) is 20.8 Å². The van der Waals surface area contributed by atoms with E-state index in [9.17, 15) is 19.1 Å². The van der Waals surface area contributed by atoms with Gasteiger partial charge in [0.05, 0.1) is 12.6 Å². The molecule has 0 bridgehead atoms. The first-order valence-corrected chi connectivity index (χ1v) is 7.75. The van der Waals surface area contributed by atoms with E-state index >= 15 is 0 Å². The first kappa shape index (κ1) is 19.1. The number of nitrogens with one attached hydrogen (secondary N) is 1. The van der Waals surface area contributed by atoms with Crippen LogP contribution >= 0.6 is 0 Å². The second kappa shape index (κ2) is 8.62. The number of halogens is 1. The van der Waals surface area contributed by atoms with Crippen molar-refractivity contribution in [1.29, 1.82) is 0 Å². The van der Waals surface area contributed by atoms with Gasteiger partial charge in [0.15, 0.2) is 0 Å². The monoisotopic (exact) mass is 324 g/mol. The average molecular weight is 324 g/mol. The van der Waals surface area contributed by atoms with Crippen LogP contribution in [-0.2, 0) is 9.59 Å². The van der Waals surface area contributed by atoms with Gasteiger partial charge in [-0.15, -0.1) is 0 Å². The predicted molar refractivity (Wildman–Crippen MR) is 86.5 cm³/mol. The van der Waals surface area contributed by atoms with E-state index in [0.29, 0.717) is 6.42 Å². The molecule has 1 aromatic carbocycles. The molecule has 0 aliphatic heterocycles. The lowest BCUT2D eigenvalue weighted by Gasteiger charge is -2.27. The Bertz CT molecular complexity index is 533. The zero-order valence-corrected chi connectivity index (χ0v) is 14.0. The summed E-state index contributed by atoms with van der Waals surface area (Å²) in [7, 11) is 1.65. The number of benzene rings is 1. The minimum absolute atomic E-state index is 0.0522. The van der Waals surface area contributed by atoms with Crippen molar-refractivity contribution in [3.63, 3.8) is 0 Å². The largest absolute Gasteiger partial charge is 0.480 e. The first-order chi connectivity index (χ1) is 10.8. The number of likely N-dealkylation sites (N-methyl/N-ethyl adjacent to an activating group) is 1. The molecule has 23 heavy (non-hydrogen) atoms. The molecule has 6 heteroatoms. The zero-order chi connectivity index (χ0) is 17.6. The van der Waals surface area contributed by atoms with Gasteiger partial charge in [-0.2, -0.15) is 0 Å². The summed E-state index contributed by atoms with van der Waals surface area (Å²) in [5, 5.41) is 12.0. The van der Waals surface area contributed by atoms with Crippen LogP contribution in [0.4, 0.5) is 4.39 Å². The molecule has 5 nitrogen and oxygen atoms in total. The molecule has 0 aliphatic carbocycles. The van der Waals surface area contributed by atoms with Crippen LogP contribution in [0.2, 0.25) is 0 Å². The van der Waals surface area contributed by atoms with Crippen LogP contribution in [0.25, 0.3) is 0 Å². The topological polar surface area (TPSA) is 69.6 Å². The molecule has 1 rings (SSSR count). The highest BCUT2D eigenvalue weighted by molar-refractivity contribution is 5.80. The van der Waals surface area contributed by atoms with Crippen LogP contribution in [0, 0.1) is 11.7 Å². The number of carbonyl (C=O) groups excluding carboxylic acids is 1. The fourth-order valence-corrected chi connectivity index (χ4v) is 2.27. The molecule has 0 aliphatic rings. The molecule has 0 radical (unpaired) electrons. The van der Waals surface area contributed by atoms with Crippen LogP contribution in [0.15, 0.2) is 24.3 Å². The van der Waals surface area contributed by atoms with Crippen LogP contribution in [-0.4, -0.2) is 41.5 Å². The van der Waals surface area contributed by atoms with E-state index in [1.54, 1.807) is 19.2 Å². The third-order valence-corrected chi connectivity index (χ3v) is 4.28. The number of hydrogen-bond donors (Lipinski definition) is 2. The summed E-state index contributed by atoms with van der Waals surface area (Å²) in [4.78, 5) is 25.0. The molecule has 0 spiro atoms. The Morgan fingerprint density at radius 2 is 1.83 bits per heavy atom. The highest BCUT2D eigenvalue weighted by Gasteiger charge is 2.25. The van der Waals surface area contributed by atoms with Crippen molar-refractivity contribution in [2.75, 3.05) is 13.6 Å². The molecular weight excluding hydrogens is 299 g/mol. The Morgan fingerprint density at radius 1 is 1.26 bits per heavy atom. The van der Waals surface area contributed by atoms with Crippen LogP contribution in [0.5, 0.6) is 0 Å². The number of carboxylic acid groups (broad SMARTS) is 1. The van der Waals surface area contributed by atoms with Crippen LogP contribution in [0.3, 0.4) is 0 Å². The molecule has 0 saturated carbocycles. The van der Waals surface area contributed by atoms with E-state index in [4.69, 9.17) is 0 Å². The standard InChI is InChI=1S/C17H25FN2O3/c1-5-11(2)16(17(22)23)19-10-15(21)20(4)12(3)13-6-8-14(18)9-7-13/h6-9,11-12,16,19H,5,10H2,1-4H3,(H,22,23)/t11-,12?,16-/m0/s1. The Balaban J connectivity index is 2.65. The summed E-state index contributed by atoms with van der Waals surface area (Å²) < 4.78 is 13.0. The average Bonchev–Trinajstić information content (AvgIpc) is 2.53. The summed E-state index contributed by atoms with van der Waals surface area (Å²) in [6, 6.07) is 5.00. The lowest BCUT2D eigenvalue weighted by atomic mass is 9.99. The normalized spacial score (nSPS) is 14.8. The quantitative estimate of drug-likeness (QED) is 0.770. The van der Waals surface area contributed by atoms with Gasteiger partial charge in [-0.3, -0.25) is 14.9 Å². The summed E-state index contributed by atoms with van der Waals surface area (Å²) in [5.41, 5.74) is 0.818. The molecule has 3 atom stereocenters. The second-order valence-corrected chi connectivity index (χ2v) is 5.81. The Kier molecular flexibility index (Phi) is 7.16. The maximum Gasteiger partial charge on any atom is 0.320 e. The first-order valence-electron chi connectivity index (χ1n) is 7.75. The van der Waals surface area contributed by atoms with Gasteiger partial charge in [0, 0.05) is 7.05 Å². The number of nitrogens with zero attached hydrogens (tertiary/aromatic N) is 1. The number of amides is 1. The lowest BCUT2D eigenvalue weighted by Crippen LogP contribution is -2.47. The Hall–Kier alpha value is -1.95. The molecule has 1 aromatic rings. The Morgan fingerprint density at radius 3 is 2.30 bits per heavy atom. The highest BCUT2D eigenvalue weighted by atomic mass is 19.1. The van der Waals surface area contributed by atoms with Crippen molar-refractivity contribution in [3.05, 3.63) is 35.6 Å². The van der Waals surface area contributed by atoms with Gasteiger partial charge in [-0.25, -0.2) is 4.39 Å². The van der Waals surface area contributed by atoms with Crippen molar-refractivity contribution in [3.8, 4) is 0 Å². The summed E-state index contributed by atoms with van der Waals surface area (Å²) in [5.74, 6) is -1.56. The van der Waals surface area contributed by atoms with Gasteiger partial charge in [0.2, 0.25) is 5.91 Å². The van der Waals surface area contributed by atoms with Crippen molar-refractivity contribution in [2.24, 2.45) is 5.92 Å². The third-order valence-electron chi connectivity index (χ3n) is 4.28. The maximum atomic E-state index is 13.0. The molecule has 128 valence electrons. The number of rotatable bonds is 8. The van der Waals surface area contributed by atoms with E-state index < -0.39 is 12.0 Å². The van der Waals surface area contributed by atoms with Crippen molar-refractivity contribution in [2.45, 2.75) is 39.3 Å². The molecule has 1 amide bonds. The smallest absolute Gasteiger partial charge is 0.320 e. The number of carbonyl (C=O) groups is 2.